The number of aryl methyl sites for hydroxylation is 1. The van der Waals surface area contributed by atoms with Crippen molar-refractivity contribution < 1.29 is 9.47 Å². The van der Waals surface area contributed by atoms with Gasteiger partial charge >= 0.3 is 0 Å². The van der Waals surface area contributed by atoms with E-state index in [2.05, 4.69) is 40.3 Å². The Kier molecular flexibility index (Phi) is 7.23. The lowest BCUT2D eigenvalue weighted by atomic mass is 9.97. The number of anilines is 1. The van der Waals surface area contributed by atoms with Crippen molar-refractivity contribution in [2.75, 3.05) is 31.6 Å². The first kappa shape index (κ1) is 24.3. The number of benzene rings is 2. The molecule has 1 N–H and O–H groups in total. The molecule has 2 aliphatic heterocycles. The second-order valence-corrected chi connectivity index (χ2v) is 9.56. The average Bonchev–Trinajstić information content (AvgIpc) is 3.39. The molecule has 0 saturated carbocycles. The van der Waals surface area contributed by atoms with Crippen LogP contribution in [-0.4, -0.2) is 51.9 Å². The Hall–Kier alpha value is -3.39. The van der Waals surface area contributed by atoms with Crippen LogP contribution in [0.5, 0.6) is 11.5 Å². The van der Waals surface area contributed by atoms with Crippen molar-refractivity contribution >= 4 is 5.82 Å². The summed E-state index contributed by atoms with van der Waals surface area (Å²) in [6.45, 7) is 8.31. The van der Waals surface area contributed by atoms with Crippen LogP contribution >= 0.6 is 0 Å². The van der Waals surface area contributed by atoms with Crippen LogP contribution in [0.3, 0.4) is 0 Å². The fraction of sp³-hybridized carbons (Fsp3) is 0.464. The van der Waals surface area contributed by atoms with Crippen LogP contribution < -0.4 is 20.3 Å². The molecule has 3 heterocycles. The first-order chi connectivity index (χ1) is 17.6. The number of hydrogen-bond donors (Lipinski definition) is 1. The van der Waals surface area contributed by atoms with Crippen LogP contribution in [-0.2, 0) is 26.5 Å². The van der Waals surface area contributed by atoms with E-state index in [0.29, 0.717) is 24.9 Å². The molecule has 1 fully saturated rings. The molecule has 0 radical (unpaired) electrons. The summed E-state index contributed by atoms with van der Waals surface area (Å²) in [5.74, 6) is 2.41. The Morgan fingerprint density at radius 1 is 1.19 bits per heavy atom. The lowest BCUT2D eigenvalue weighted by molar-refractivity contribution is 0.226. The summed E-state index contributed by atoms with van der Waals surface area (Å²) < 4.78 is 13.9. The van der Waals surface area contributed by atoms with Gasteiger partial charge in [0.25, 0.3) is 5.56 Å². The molecule has 0 aliphatic carbocycles. The Labute approximate surface area is 212 Å². The van der Waals surface area contributed by atoms with Crippen LogP contribution in [0.2, 0.25) is 0 Å². The number of likely N-dealkylation sites (N-methyl/N-ethyl adjacent to an activating group) is 1. The third kappa shape index (κ3) is 4.82. The zero-order chi connectivity index (χ0) is 25.1. The minimum atomic E-state index is -0.179. The van der Waals surface area contributed by atoms with Gasteiger partial charge in [0.1, 0.15) is 18.1 Å². The van der Waals surface area contributed by atoms with Crippen molar-refractivity contribution in [3.05, 3.63) is 63.4 Å². The van der Waals surface area contributed by atoms with E-state index in [1.54, 1.807) is 11.6 Å². The number of hydrogen-bond acceptors (Lipinski definition) is 7. The molecule has 8 nitrogen and oxygen atoms in total. The predicted octanol–water partition coefficient (Wildman–Crippen LogP) is 3.81. The van der Waals surface area contributed by atoms with E-state index in [0.717, 1.165) is 79.1 Å². The number of nitrogens with zero attached hydrogens (tertiary/aromatic N) is 4. The normalized spacial score (nSPS) is 17.5. The Balaban J connectivity index is 1.52. The monoisotopic (exact) mass is 489 g/mol. The fourth-order valence-corrected chi connectivity index (χ4v) is 5.19. The van der Waals surface area contributed by atoms with Gasteiger partial charge in [0.2, 0.25) is 5.82 Å². The van der Waals surface area contributed by atoms with Gasteiger partial charge in [-0.2, -0.15) is 0 Å². The molecule has 0 unspecified atom stereocenters. The third-order valence-corrected chi connectivity index (χ3v) is 7.23. The summed E-state index contributed by atoms with van der Waals surface area (Å²) >= 11 is 0. The predicted molar refractivity (Wildman–Crippen MR) is 141 cm³/mol. The number of nitrogens with one attached hydrogen (secondary N) is 1. The molecule has 0 amide bonds. The van der Waals surface area contributed by atoms with Gasteiger partial charge in [-0.25, -0.2) is 0 Å². The van der Waals surface area contributed by atoms with Gasteiger partial charge in [0.15, 0.2) is 5.82 Å². The molecule has 8 heteroatoms. The highest BCUT2D eigenvalue weighted by molar-refractivity contribution is 5.74. The van der Waals surface area contributed by atoms with Gasteiger partial charge in [0.05, 0.1) is 12.2 Å². The number of fused-ring (bicyclic) bond motifs is 1. The molecule has 1 aromatic heterocycles. The van der Waals surface area contributed by atoms with Crippen molar-refractivity contribution in [1.82, 2.24) is 19.7 Å². The van der Waals surface area contributed by atoms with Crippen LogP contribution in [0.25, 0.3) is 11.4 Å². The number of aromatic nitrogens is 3. The van der Waals surface area contributed by atoms with Crippen molar-refractivity contribution in [2.24, 2.45) is 7.05 Å². The van der Waals surface area contributed by atoms with E-state index in [4.69, 9.17) is 9.47 Å². The molecule has 2 aromatic carbocycles. The molecular weight excluding hydrogens is 454 g/mol. The molecule has 190 valence electrons. The molecule has 1 atom stereocenters. The summed E-state index contributed by atoms with van der Waals surface area (Å²) in [5.41, 5.74) is 3.77. The summed E-state index contributed by atoms with van der Waals surface area (Å²) in [6, 6.07) is 12.3. The highest BCUT2D eigenvalue weighted by atomic mass is 16.5. The highest BCUT2D eigenvalue weighted by Crippen LogP contribution is 2.43. The van der Waals surface area contributed by atoms with Gasteiger partial charge in [0, 0.05) is 31.6 Å². The zero-order valence-electron chi connectivity index (χ0n) is 21.4. The molecular formula is C28H35N5O3. The second-order valence-electron chi connectivity index (χ2n) is 9.56. The number of piperidine rings is 1. The van der Waals surface area contributed by atoms with Gasteiger partial charge in [-0.3, -0.25) is 9.36 Å². The standard InChI is InChI=1S/C28H35N5O3/c1-4-20-16-23-22(13-15-35-23)25(36-18-19-10-7-6-8-11-19)24(20)27-31-30-26(28(34)32(27)3)29-21-12-9-14-33(5-2)17-21/h6-8,10-11,16,21H,4-5,9,12-15,17-18H2,1-3H3,(H,29,30)/t21-/m1/s1. The molecule has 3 aromatic rings. The number of likely N-dealkylation sites (tertiary alicyclic amines) is 1. The van der Waals surface area contributed by atoms with E-state index in [1.165, 1.54) is 0 Å². The van der Waals surface area contributed by atoms with Crippen molar-refractivity contribution in [2.45, 2.75) is 52.2 Å². The maximum Gasteiger partial charge on any atom is 0.296 e. The number of rotatable bonds is 8. The van der Waals surface area contributed by atoms with Crippen molar-refractivity contribution in [3.8, 4) is 22.9 Å². The summed E-state index contributed by atoms with van der Waals surface area (Å²) in [6.07, 6.45) is 3.63. The SMILES string of the molecule is CCc1cc2c(c(OCc3ccccc3)c1-c1nnc(N[C@@H]3CCCN(CC)C3)c(=O)n1C)CCO2. The Bertz CT molecular complexity index is 1270. The highest BCUT2D eigenvalue weighted by Gasteiger charge is 2.28. The second kappa shape index (κ2) is 10.7. The summed E-state index contributed by atoms with van der Waals surface area (Å²) in [7, 11) is 1.76. The molecule has 1 saturated heterocycles. The van der Waals surface area contributed by atoms with Gasteiger partial charge in [-0.1, -0.05) is 44.2 Å². The minimum absolute atomic E-state index is 0.179. The van der Waals surface area contributed by atoms with E-state index < -0.39 is 0 Å². The van der Waals surface area contributed by atoms with Gasteiger partial charge in [-0.05, 0) is 49.5 Å². The quantitative estimate of drug-likeness (QED) is 0.515. The van der Waals surface area contributed by atoms with Gasteiger partial charge < -0.3 is 19.7 Å². The summed E-state index contributed by atoms with van der Waals surface area (Å²) in [4.78, 5) is 15.8. The van der Waals surface area contributed by atoms with Crippen LogP contribution in [0, 0.1) is 0 Å². The lowest BCUT2D eigenvalue weighted by Gasteiger charge is -2.32. The first-order valence-electron chi connectivity index (χ1n) is 13.0. The van der Waals surface area contributed by atoms with Gasteiger partial charge in [-0.15, -0.1) is 10.2 Å². The van der Waals surface area contributed by atoms with E-state index in [1.807, 2.05) is 30.3 Å². The average molecular weight is 490 g/mol. The van der Waals surface area contributed by atoms with E-state index >= 15 is 0 Å². The minimum Gasteiger partial charge on any atom is -0.493 e. The molecule has 36 heavy (non-hydrogen) atoms. The topological polar surface area (TPSA) is 81.5 Å². The molecule has 5 rings (SSSR count). The first-order valence-corrected chi connectivity index (χ1v) is 13.0. The number of ether oxygens (including phenoxy) is 2. The maximum absolute atomic E-state index is 13.4. The lowest BCUT2D eigenvalue weighted by Crippen LogP contribution is -2.43. The van der Waals surface area contributed by atoms with E-state index in [9.17, 15) is 4.79 Å². The maximum atomic E-state index is 13.4. The Morgan fingerprint density at radius 3 is 2.81 bits per heavy atom. The smallest absolute Gasteiger partial charge is 0.296 e. The van der Waals surface area contributed by atoms with E-state index in [-0.39, 0.29) is 11.6 Å². The third-order valence-electron chi connectivity index (χ3n) is 7.23. The molecule has 0 bridgehead atoms. The van der Waals surface area contributed by atoms with Crippen LogP contribution in [0.15, 0.2) is 41.2 Å². The molecule has 0 spiro atoms. The van der Waals surface area contributed by atoms with Crippen molar-refractivity contribution in [3.63, 3.8) is 0 Å². The zero-order valence-corrected chi connectivity index (χ0v) is 21.4. The largest absolute Gasteiger partial charge is 0.493 e. The van der Waals surface area contributed by atoms with Crippen molar-refractivity contribution in [1.29, 1.82) is 0 Å². The molecule has 2 aliphatic rings. The van der Waals surface area contributed by atoms with Crippen LogP contribution in [0.1, 0.15) is 43.4 Å². The summed E-state index contributed by atoms with van der Waals surface area (Å²) in [5, 5.41) is 12.3. The Morgan fingerprint density at radius 2 is 2.03 bits per heavy atom. The van der Waals surface area contributed by atoms with Crippen LogP contribution in [0.4, 0.5) is 5.82 Å². The fourth-order valence-electron chi connectivity index (χ4n) is 5.19.